The Morgan fingerprint density at radius 3 is 2.41 bits per heavy atom. The van der Waals surface area contributed by atoms with E-state index in [0.29, 0.717) is 55.3 Å². The number of carbonyl (C=O) groups is 2. The minimum absolute atomic E-state index is 0.108. The normalized spacial score (nSPS) is 23.4. The van der Waals surface area contributed by atoms with Crippen molar-refractivity contribution in [1.29, 1.82) is 0 Å². The number of aryl methyl sites for hydroxylation is 1. The van der Waals surface area contributed by atoms with Crippen molar-refractivity contribution in [2.45, 2.75) is 63.9 Å². The van der Waals surface area contributed by atoms with Gasteiger partial charge in [0.05, 0.1) is 10.6 Å². The first-order valence-corrected chi connectivity index (χ1v) is 13.1. The van der Waals surface area contributed by atoms with Gasteiger partial charge in [-0.25, -0.2) is 8.42 Å². The quantitative estimate of drug-likeness (QED) is 0.741. The molecular formula is C23H33N3O5S. The van der Waals surface area contributed by atoms with Crippen molar-refractivity contribution < 1.29 is 22.7 Å². The van der Waals surface area contributed by atoms with Crippen molar-refractivity contribution in [1.82, 2.24) is 9.21 Å². The van der Waals surface area contributed by atoms with Gasteiger partial charge in [-0.2, -0.15) is 4.31 Å². The van der Waals surface area contributed by atoms with E-state index in [0.717, 1.165) is 25.9 Å². The highest BCUT2D eigenvalue weighted by Gasteiger charge is 2.36. The molecule has 176 valence electrons. The first-order valence-electron chi connectivity index (χ1n) is 11.6. The van der Waals surface area contributed by atoms with Gasteiger partial charge in [-0.15, -0.1) is 0 Å². The van der Waals surface area contributed by atoms with E-state index in [-0.39, 0.29) is 22.6 Å². The number of benzene rings is 1. The van der Waals surface area contributed by atoms with E-state index < -0.39 is 16.1 Å². The van der Waals surface area contributed by atoms with Crippen molar-refractivity contribution >= 4 is 27.5 Å². The van der Waals surface area contributed by atoms with Crippen LogP contribution in [0.2, 0.25) is 0 Å². The Hall–Kier alpha value is -2.13. The van der Waals surface area contributed by atoms with Crippen LogP contribution in [0.25, 0.3) is 0 Å². The number of hydrogen-bond donors (Lipinski definition) is 1. The minimum Gasteiger partial charge on any atom is -0.478 e. The highest BCUT2D eigenvalue weighted by molar-refractivity contribution is 7.89. The molecule has 4 rings (SSSR count). The maximum absolute atomic E-state index is 13.4. The van der Waals surface area contributed by atoms with Crippen molar-refractivity contribution in [2.75, 3.05) is 31.5 Å². The van der Waals surface area contributed by atoms with E-state index in [1.165, 1.54) is 10.4 Å². The van der Waals surface area contributed by atoms with E-state index in [4.69, 9.17) is 4.74 Å². The van der Waals surface area contributed by atoms with Gasteiger partial charge in [0, 0.05) is 38.2 Å². The molecule has 0 aromatic heterocycles. The monoisotopic (exact) mass is 463 g/mol. The molecule has 1 aromatic rings. The van der Waals surface area contributed by atoms with Gasteiger partial charge in [0.25, 0.3) is 5.91 Å². The van der Waals surface area contributed by atoms with E-state index >= 15 is 0 Å². The maximum Gasteiger partial charge on any atom is 0.265 e. The fraction of sp³-hybridized carbons (Fsp3) is 0.652. The van der Waals surface area contributed by atoms with Gasteiger partial charge < -0.3 is 15.0 Å². The average Bonchev–Trinajstić information content (AvgIpc) is 2.78. The van der Waals surface area contributed by atoms with Gasteiger partial charge in [-0.3, -0.25) is 9.59 Å². The van der Waals surface area contributed by atoms with Crippen LogP contribution in [0.15, 0.2) is 17.0 Å². The molecule has 3 aliphatic heterocycles. The Kier molecular flexibility index (Phi) is 6.49. The molecule has 0 spiro atoms. The lowest BCUT2D eigenvalue weighted by molar-refractivity contribution is -0.138. The van der Waals surface area contributed by atoms with Crippen molar-refractivity contribution in [2.24, 2.45) is 11.8 Å². The Bertz CT molecular complexity index is 993. The molecule has 32 heavy (non-hydrogen) atoms. The predicted molar refractivity (Wildman–Crippen MR) is 121 cm³/mol. The number of likely N-dealkylation sites (tertiary alicyclic amines) is 1. The number of nitrogens with one attached hydrogen (secondary N) is 1. The van der Waals surface area contributed by atoms with Crippen LogP contribution in [0, 0.1) is 18.8 Å². The molecule has 0 aliphatic carbocycles. The number of anilines is 1. The summed E-state index contributed by atoms with van der Waals surface area (Å²) in [5.41, 5.74) is 1.06. The topological polar surface area (TPSA) is 96.0 Å². The third-order valence-electron chi connectivity index (χ3n) is 6.98. The molecule has 3 aliphatic rings. The molecule has 2 amide bonds. The van der Waals surface area contributed by atoms with Crippen LogP contribution in [0.3, 0.4) is 0 Å². The standard InChI is InChI=1S/C23H33N3O5S/c1-4-19-22(27)24-18-13-16(3)21(14-20(18)31-19)32(29,30)26-11-7-17(8-12-26)23(28)25-9-5-15(2)6-10-25/h13-15,17,19H,4-12H2,1-3H3,(H,24,27)/t19-/m0/s1. The highest BCUT2D eigenvalue weighted by atomic mass is 32.2. The Morgan fingerprint density at radius 2 is 1.78 bits per heavy atom. The molecule has 2 fully saturated rings. The molecule has 1 aromatic carbocycles. The van der Waals surface area contributed by atoms with Crippen LogP contribution in [0.1, 0.15) is 51.5 Å². The molecule has 1 atom stereocenters. The second kappa shape index (κ2) is 9.02. The fourth-order valence-electron chi connectivity index (χ4n) is 4.80. The first kappa shape index (κ1) is 23.0. The first-order chi connectivity index (χ1) is 15.2. The summed E-state index contributed by atoms with van der Waals surface area (Å²) in [5, 5.41) is 2.80. The lowest BCUT2D eigenvalue weighted by Crippen LogP contribution is -2.46. The predicted octanol–water partition coefficient (Wildman–Crippen LogP) is 2.76. The lowest BCUT2D eigenvalue weighted by atomic mass is 9.93. The second-order valence-corrected chi connectivity index (χ2v) is 11.2. The van der Waals surface area contributed by atoms with Crippen molar-refractivity contribution in [3.63, 3.8) is 0 Å². The largest absolute Gasteiger partial charge is 0.478 e. The van der Waals surface area contributed by atoms with Crippen LogP contribution in [-0.4, -0.2) is 61.7 Å². The van der Waals surface area contributed by atoms with Gasteiger partial charge in [0.1, 0.15) is 5.75 Å². The van der Waals surface area contributed by atoms with Gasteiger partial charge in [0.2, 0.25) is 15.9 Å². The Balaban J connectivity index is 1.46. The molecular weight excluding hydrogens is 430 g/mol. The van der Waals surface area contributed by atoms with E-state index in [9.17, 15) is 18.0 Å². The zero-order valence-electron chi connectivity index (χ0n) is 19.1. The molecule has 1 N–H and O–H groups in total. The molecule has 0 bridgehead atoms. The number of rotatable bonds is 4. The van der Waals surface area contributed by atoms with Gasteiger partial charge in [-0.05, 0) is 56.6 Å². The summed E-state index contributed by atoms with van der Waals surface area (Å²) < 4.78 is 34.0. The van der Waals surface area contributed by atoms with E-state index in [2.05, 4.69) is 12.2 Å². The van der Waals surface area contributed by atoms with E-state index in [1.807, 2.05) is 11.8 Å². The number of ether oxygens (including phenoxy) is 1. The van der Waals surface area contributed by atoms with Crippen LogP contribution in [0.4, 0.5) is 5.69 Å². The van der Waals surface area contributed by atoms with Crippen LogP contribution < -0.4 is 10.1 Å². The number of sulfonamides is 1. The maximum atomic E-state index is 13.4. The number of hydrogen-bond acceptors (Lipinski definition) is 5. The summed E-state index contributed by atoms with van der Waals surface area (Å²) >= 11 is 0. The van der Waals surface area contributed by atoms with Crippen LogP contribution in [0.5, 0.6) is 5.75 Å². The molecule has 3 heterocycles. The number of amides is 2. The molecule has 0 unspecified atom stereocenters. The SMILES string of the molecule is CC[C@@H]1Oc2cc(S(=O)(=O)N3CCC(C(=O)N4CCC(C)CC4)CC3)c(C)cc2NC1=O. The zero-order valence-corrected chi connectivity index (χ0v) is 19.9. The van der Waals surface area contributed by atoms with E-state index in [1.54, 1.807) is 13.0 Å². The number of fused-ring (bicyclic) bond motifs is 1. The molecule has 2 saturated heterocycles. The summed E-state index contributed by atoms with van der Waals surface area (Å²) in [7, 11) is -3.73. The summed E-state index contributed by atoms with van der Waals surface area (Å²) in [6.45, 7) is 8.05. The zero-order chi connectivity index (χ0) is 23.0. The summed E-state index contributed by atoms with van der Waals surface area (Å²) in [4.78, 5) is 27.1. The highest BCUT2D eigenvalue weighted by Crippen LogP contribution is 2.36. The lowest BCUT2D eigenvalue weighted by Gasteiger charge is -2.36. The Labute approximate surface area is 190 Å². The third kappa shape index (κ3) is 4.37. The summed E-state index contributed by atoms with van der Waals surface area (Å²) in [5.74, 6) is 0.891. The Morgan fingerprint density at radius 1 is 1.12 bits per heavy atom. The molecule has 0 radical (unpaired) electrons. The molecule has 8 nitrogen and oxygen atoms in total. The van der Waals surface area contributed by atoms with Crippen LogP contribution >= 0.6 is 0 Å². The molecule has 9 heteroatoms. The summed E-state index contributed by atoms with van der Waals surface area (Å²) in [6.07, 6.45) is 3.03. The van der Waals surface area contributed by atoms with Gasteiger partial charge >= 0.3 is 0 Å². The van der Waals surface area contributed by atoms with Crippen LogP contribution in [-0.2, 0) is 19.6 Å². The average molecular weight is 464 g/mol. The number of nitrogens with zero attached hydrogens (tertiary/aromatic N) is 2. The van der Waals surface area contributed by atoms with Crippen molar-refractivity contribution in [3.05, 3.63) is 17.7 Å². The number of carbonyl (C=O) groups excluding carboxylic acids is 2. The van der Waals surface area contributed by atoms with Gasteiger partial charge in [-0.1, -0.05) is 13.8 Å². The number of piperidine rings is 2. The summed E-state index contributed by atoms with van der Waals surface area (Å²) in [6, 6.07) is 3.17. The second-order valence-electron chi connectivity index (χ2n) is 9.30. The molecule has 0 saturated carbocycles. The third-order valence-corrected chi connectivity index (χ3v) is 9.02. The van der Waals surface area contributed by atoms with Crippen molar-refractivity contribution in [3.8, 4) is 5.75 Å². The minimum atomic E-state index is -3.73. The smallest absolute Gasteiger partial charge is 0.265 e. The fourth-order valence-corrected chi connectivity index (χ4v) is 6.49. The van der Waals surface area contributed by atoms with Gasteiger partial charge in [0.15, 0.2) is 6.10 Å².